The molecule has 122 valence electrons. The molecule has 0 aliphatic carbocycles. The highest BCUT2D eigenvalue weighted by Crippen LogP contribution is 2.34. The third-order valence-corrected chi connectivity index (χ3v) is 3.61. The van der Waals surface area contributed by atoms with Gasteiger partial charge in [0.15, 0.2) is 5.76 Å². The molecule has 0 N–H and O–H groups in total. The number of para-hydroxylation sites is 1. The van der Waals surface area contributed by atoms with E-state index in [1.54, 1.807) is 37.5 Å². The number of carbonyl (C=O) groups is 1. The van der Waals surface area contributed by atoms with Crippen LogP contribution in [0.1, 0.15) is 22.8 Å². The molecule has 2 aromatic carbocycles. The maximum Gasteiger partial charge on any atom is 0.231 e. The Bertz CT molecular complexity index is 818. The summed E-state index contributed by atoms with van der Waals surface area (Å²) in [6, 6.07) is 12.9. The normalized spacial score (nSPS) is 14.8. The molecular weight excluding hydrogens is 304 g/mol. The van der Waals surface area contributed by atoms with Crippen molar-refractivity contribution in [2.45, 2.75) is 6.92 Å². The van der Waals surface area contributed by atoms with Crippen LogP contribution in [0.25, 0.3) is 6.08 Å². The summed E-state index contributed by atoms with van der Waals surface area (Å²) in [5, 5.41) is 0. The first-order valence-electron chi connectivity index (χ1n) is 7.73. The summed E-state index contributed by atoms with van der Waals surface area (Å²) in [5.74, 6) is 2.16. The quantitative estimate of drug-likeness (QED) is 0.771. The van der Waals surface area contributed by atoms with E-state index in [9.17, 15) is 4.79 Å². The molecule has 1 heterocycles. The molecule has 0 saturated heterocycles. The number of Topliss-reactive ketones (excluding diaryl/α,β-unsaturated/α-hetero) is 1. The van der Waals surface area contributed by atoms with Crippen molar-refractivity contribution in [2.24, 2.45) is 0 Å². The monoisotopic (exact) mass is 322 g/mol. The van der Waals surface area contributed by atoms with Gasteiger partial charge in [0.1, 0.15) is 17.2 Å². The molecule has 2 aromatic rings. The number of ether oxygens (including phenoxy) is 3. The fraction of sp³-hybridized carbons (Fsp3) is 0.150. The number of methoxy groups -OCH3 is 1. The number of benzene rings is 2. The van der Waals surface area contributed by atoms with Crippen molar-refractivity contribution in [2.75, 3.05) is 13.7 Å². The van der Waals surface area contributed by atoms with Crippen molar-refractivity contribution < 1.29 is 19.0 Å². The minimum absolute atomic E-state index is 0.127. The Hall–Kier alpha value is -3.01. The Morgan fingerprint density at radius 2 is 2.00 bits per heavy atom. The van der Waals surface area contributed by atoms with Gasteiger partial charge >= 0.3 is 0 Å². The molecule has 1 aliphatic rings. The van der Waals surface area contributed by atoms with Crippen LogP contribution in [0.15, 0.2) is 60.4 Å². The second kappa shape index (κ2) is 7.04. The van der Waals surface area contributed by atoms with Gasteiger partial charge in [0.2, 0.25) is 5.78 Å². The zero-order valence-electron chi connectivity index (χ0n) is 13.6. The third-order valence-electron chi connectivity index (χ3n) is 3.61. The minimum atomic E-state index is -0.127. The van der Waals surface area contributed by atoms with Crippen molar-refractivity contribution in [3.63, 3.8) is 0 Å². The fourth-order valence-electron chi connectivity index (χ4n) is 2.48. The average molecular weight is 322 g/mol. The molecule has 0 unspecified atom stereocenters. The van der Waals surface area contributed by atoms with Crippen molar-refractivity contribution >= 4 is 11.9 Å². The molecular formula is C20H18O4. The Morgan fingerprint density at radius 1 is 1.17 bits per heavy atom. The van der Waals surface area contributed by atoms with Crippen molar-refractivity contribution in [1.29, 1.82) is 0 Å². The standard InChI is InChI=1S/C20H18O4/c1-3-23-15-11-12-16-19(13-15)24-18(20(16)21)10-6-8-14-7-4-5-9-17(14)22-2/h4-13H,3H2,1-2H3/b8-6+,18-10-. The van der Waals surface area contributed by atoms with Gasteiger partial charge in [0, 0.05) is 11.6 Å². The number of allylic oxidation sites excluding steroid dienone is 3. The van der Waals surface area contributed by atoms with Gasteiger partial charge in [-0.2, -0.15) is 0 Å². The first-order chi connectivity index (χ1) is 11.7. The van der Waals surface area contributed by atoms with E-state index >= 15 is 0 Å². The van der Waals surface area contributed by atoms with Gasteiger partial charge < -0.3 is 14.2 Å². The third kappa shape index (κ3) is 3.18. The van der Waals surface area contributed by atoms with Gasteiger partial charge in [0.05, 0.1) is 19.3 Å². The average Bonchev–Trinajstić information content (AvgIpc) is 2.91. The molecule has 0 saturated carbocycles. The molecule has 0 atom stereocenters. The summed E-state index contributed by atoms with van der Waals surface area (Å²) < 4.78 is 16.4. The molecule has 0 fully saturated rings. The van der Waals surface area contributed by atoms with E-state index in [0.717, 1.165) is 11.3 Å². The van der Waals surface area contributed by atoms with Gasteiger partial charge in [-0.3, -0.25) is 4.79 Å². The van der Waals surface area contributed by atoms with Crippen molar-refractivity contribution in [3.8, 4) is 17.2 Å². The van der Waals surface area contributed by atoms with Gasteiger partial charge in [-0.15, -0.1) is 0 Å². The van der Waals surface area contributed by atoms with Crippen LogP contribution in [-0.4, -0.2) is 19.5 Å². The lowest BCUT2D eigenvalue weighted by molar-refractivity contribution is 0.101. The van der Waals surface area contributed by atoms with E-state index < -0.39 is 0 Å². The predicted octanol–water partition coefficient (Wildman–Crippen LogP) is 4.27. The lowest BCUT2D eigenvalue weighted by atomic mass is 10.1. The molecule has 0 radical (unpaired) electrons. The van der Waals surface area contributed by atoms with Gasteiger partial charge in [0.25, 0.3) is 0 Å². The van der Waals surface area contributed by atoms with Gasteiger partial charge in [-0.05, 0) is 31.2 Å². The number of hydrogen-bond acceptors (Lipinski definition) is 4. The van der Waals surface area contributed by atoms with Crippen LogP contribution in [0.4, 0.5) is 0 Å². The van der Waals surface area contributed by atoms with Crippen LogP contribution in [-0.2, 0) is 0 Å². The molecule has 3 rings (SSSR count). The lowest BCUT2D eigenvalue weighted by Crippen LogP contribution is -1.97. The highest BCUT2D eigenvalue weighted by atomic mass is 16.5. The van der Waals surface area contributed by atoms with E-state index in [2.05, 4.69) is 0 Å². The molecule has 0 aromatic heterocycles. The largest absolute Gasteiger partial charge is 0.496 e. The second-order valence-electron chi connectivity index (χ2n) is 5.15. The van der Waals surface area contributed by atoms with E-state index in [-0.39, 0.29) is 5.78 Å². The Balaban J connectivity index is 1.79. The summed E-state index contributed by atoms with van der Waals surface area (Å²) in [7, 11) is 1.63. The number of carbonyl (C=O) groups excluding carboxylic acids is 1. The van der Waals surface area contributed by atoms with Crippen LogP contribution < -0.4 is 14.2 Å². The van der Waals surface area contributed by atoms with Crippen LogP contribution in [0, 0.1) is 0 Å². The first kappa shape index (κ1) is 15.9. The second-order valence-corrected chi connectivity index (χ2v) is 5.15. The van der Waals surface area contributed by atoms with Gasteiger partial charge in [-0.25, -0.2) is 0 Å². The summed E-state index contributed by atoms with van der Waals surface area (Å²) in [5.41, 5.74) is 1.48. The van der Waals surface area contributed by atoms with E-state index in [1.165, 1.54) is 0 Å². The molecule has 4 heteroatoms. The smallest absolute Gasteiger partial charge is 0.231 e. The maximum absolute atomic E-state index is 12.3. The fourth-order valence-corrected chi connectivity index (χ4v) is 2.48. The van der Waals surface area contributed by atoms with Crippen LogP contribution >= 0.6 is 0 Å². The minimum Gasteiger partial charge on any atom is -0.496 e. The molecule has 0 amide bonds. The highest BCUT2D eigenvalue weighted by molar-refractivity contribution is 6.12. The summed E-state index contributed by atoms with van der Waals surface area (Å²) >= 11 is 0. The molecule has 0 spiro atoms. The van der Waals surface area contributed by atoms with E-state index in [4.69, 9.17) is 14.2 Å². The van der Waals surface area contributed by atoms with E-state index in [1.807, 2.05) is 37.3 Å². The Morgan fingerprint density at radius 3 is 2.79 bits per heavy atom. The van der Waals surface area contributed by atoms with Crippen molar-refractivity contribution in [1.82, 2.24) is 0 Å². The number of rotatable bonds is 5. The highest BCUT2D eigenvalue weighted by Gasteiger charge is 2.27. The number of fused-ring (bicyclic) bond motifs is 1. The maximum atomic E-state index is 12.3. The first-order valence-corrected chi connectivity index (χ1v) is 7.73. The van der Waals surface area contributed by atoms with Crippen LogP contribution in [0.2, 0.25) is 0 Å². The SMILES string of the molecule is CCOc1ccc2c(c1)O/C(=C\C=C\c1ccccc1OC)C2=O. The number of ketones is 1. The summed E-state index contributed by atoms with van der Waals surface area (Å²) in [4.78, 5) is 12.3. The lowest BCUT2D eigenvalue weighted by Gasteiger charge is -2.03. The zero-order valence-corrected chi connectivity index (χ0v) is 13.6. The molecule has 4 nitrogen and oxygen atoms in total. The summed E-state index contributed by atoms with van der Waals surface area (Å²) in [6.07, 6.45) is 5.31. The molecule has 1 aliphatic heterocycles. The van der Waals surface area contributed by atoms with Crippen molar-refractivity contribution in [3.05, 3.63) is 71.5 Å². The topological polar surface area (TPSA) is 44.8 Å². The van der Waals surface area contributed by atoms with E-state index in [0.29, 0.717) is 29.4 Å². The number of hydrogen-bond donors (Lipinski definition) is 0. The molecule has 0 bridgehead atoms. The van der Waals surface area contributed by atoms with Crippen LogP contribution in [0.3, 0.4) is 0 Å². The summed E-state index contributed by atoms with van der Waals surface area (Å²) in [6.45, 7) is 2.48. The predicted molar refractivity (Wildman–Crippen MR) is 92.7 cm³/mol. The van der Waals surface area contributed by atoms with Gasteiger partial charge in [-0.1, -0.05) is 30.4 Å². The van der Waals surface area contributed by atoms with Crippen LogP contribution in [0.5, 0.6) is 17.2 Å². The Kier molecular flexibility index (Phi) is 4.66. The molecule has 24 heavy (non-hydrogen) atoms. The Labute approximate surface area is 141 Å². The zero-order chi connectivity index (χ0) is 16.9.